The van der Waals surface area contributed by atoms with Crippen LogP contribution in [0.3, 0.4) is 0 Å². The smallest absolute Gasteiger partial charge is 0.248 e. The first kappa shape index (κ1) is 85.9. The van der Waals surface area contributed by atoms with Crippen molar-refractivity contribution in [3.8, 4) is 0 Å². The molecule has 2 fully saturated rings. The number of likely N-dealkylation sites (N-methyl/N-ethyl adjacent to an activating group) is 8. The zero-order chi connectivity index (χ0) is 73.8. The Kier molecular flexibility index (Phi) is 35.3. The van der Waals surface area contributed by atoms with Gasteiger partial charge in [0.15, 0.2) is 11.6 Å². The van der Waals surface area contributed by atoms with Gasteiger partial charge in [-0.3, -0.25) is 57.5 Å². The van der Waals surface area contributed by atoms with E-state index in [1.165, 1.54) is 80.8 Å². The summed E-state index contributed by atoms with van der Waals surface area (Å²) in [6.07, 6.45) is 1.96. The molecule has 548 valence electrons. The lowest BCUT2D eigenvalue weighted by Crippen LogP contribution is -2.63. The summed E-state index contributed by atoms with van der Waals surface area (Å²) < 4.78 is 6.02. The lowest BCUT2D eigenvalue weighted by molar-refractivity contribution is -0.157. The first-order chi connectivity index (χ1) is 44.5. The number of aliphatic hydroxyl groups is 1. The Labute approximate surface area is 575 Å². The highest BCUT2D eigenvalue weighted by atomic mass is 16.5. The lowest BCUT2D eigenvalue weighted by Gasteiger charge is -2.41. The standard InChI is InChI=1S/C72H126N10O14/c1-26-28-29-47(13)64(87)63-65(88)73-53(27-2)69(92)75(19)51(17)67(90)80(24)62(50(16)40-96-41-60(86)82-32-30-74(18)31-33-82)59(85)39-52(45(9)10)68(91)76(20)54(34-42(3)4)58(84)37-48(14)57(83)38-49(15)66(89)77(21)55(35-43(5)6)70(93)78(22)56(36-44(7)8)71(94)79(23)61(46(11)12)72(95)81(63)25/h26,28,42-56,61-64,87H,27,29-41H2,1-25H3,(H,73,88)/b28-26+/t47-,48-,49+,50-,51-,52+,53+,54+,55+,56+,61+,62+,63+,64-/m1/s1. The summed E-state index contributed by atoms with van der Waals surface area (Å²) in [6.45, 7) is 31.8. The maximum Gasteiger partial charge on any atom is 0.248 e. The number of hydrogen-bond donors (Lipinski definition) is 2. The minimum absolute atomic E-state index is 0.0151. The first-order valence-electron chi connectivity index (χ1n) is 35.1. The molecule has 24 nitrogen and oxygen atoms in total. The molecule has 2 heterocycles. The summed E-state index contributed by atoms with van der Waals surface area (Å²) in [7, 11) is 12.0. The summed E-state index contributed by atoms with van der Waals surface area (Å²) in [4.78, 5) is 190. The van der Waals surface area contributed by atoms with Crippen molar-refractivity contribution >= 4 is 70.5 Å². The van der Waals surface area contributed by atoms with Crippen molar-refractivity contribution in [2.45, 2.75) is 224 Å². The molecule has 0 bridgehead atoms. The van der Waals surface area contributed by atoms with Gasteiger partial charge in [-0.2, -0.15) is 0 Å². The number of ether oxygens (including phenoxy) is 1. The van der Waals surface area contributed by atoms with Gasteiger partial charge < -0.3 is 59.3 Å². The average molecular weight is 1360 g/mol. The molecular formula is C72H126N10O14. The largest absolute Gasteiger partial charge is 0.390 e. The van der Waals surface area contributed by atoms with E-state index in [4.69, 9.17) is 4.74 Å². The summed E-state index contributed by atoms with van der Waals surface area (Å²) in [5.41, 5.74) is 0. The van der Waals surface area contributed by atoms with E-state index in [1.807, 2.05) is 48.6 Å². The molecule has 0 spiro atoms. The van der Waals surface area contributed by atoms with E-state index in [2.05, 4.69) is 10.2 Å². The Morgan fingerprint density at radius 1 is 0.521 bits per heavy atom. The van der Waals surface area contributed by atoms with Crippen LogP contribution in [0.5, 0.6) is 0 Å². The van der Waals surface area contributed by atoms with Gasteiger partial charge in [0.05, 0.1) is 24.8 Å². The van der Waals surface area contributed by atoms with Crippen LogP contribution < -0.4 is 5.32 Å². The van der Waals surface area contributed by atoms with Crippen molar-refractivity contribution in [3.05, 3.63) is 12.2 Å². The van der Waals surface area contributed by atoms with Crippen LogP contribution in [-0.4, -0.2) is 270 Å². The van der Waals surface area contributed by atoms with E-state index in [1.54, 1.807) is 86.3 Å². The summed E-state index contributed by atoms with van der Waals surface area (Å²) in [5, 5.41) is 15.0. The highest BCUT2D eigenvalue weighted by Gasteiger charge is 2.47. The molecule has 2 rings (SSSR count). The van der Waals surface area contributed by atoms with Gasteiger partial charge in [-0.25, -0.2) is 0 Å². The molecule has 2 aliphatic rings. The molecule has 0 aromatic heterocycles. The van der Waals surface area contributed by atoms with Crippen LogP contribution >= 0.6 is 0 Å². The molecule has 24 heteroatoms. The summed E-state index contributed by atoms with van der Waals surface area (Å²) >= 11 is 0. The fourth-order valence-corrected chi connectivity index (χ4v) is 13.2. The van der Waals surface area contributed by atoms with Gasteiger partial charge in [0.25, 0.3) is 0 Å². The van der Waals surface area contributed by atoms with Crippen LogP contribution in [0.4, 0.5) is 0 Å². The number of carbonyl (C=O) groups excluding carboxylic acids is 12. The molecule has 0 radical (unpaired) electrons. The fourth-order valence-electron chi connectivity index (χ4n) is 13.2. The normalized spacial score (nSPS) is 27.7. The van der Waals surface area contributed by atoms with Crippen molar-refractivity contribution in [1.82, 2.24) is 49.4 Å². The van der Waals surface area contributed by atoms with Crippen LogP contribution in [0.15, 0.2) is 12.2 Å². The second-order valence-electron chi connectivity index (χ2n) is 29.9. The lowest BCUT2D eigenvalue weighted by atomic mass is 9.83. The van der Waals surface area contributed by atoms with Crippen molar-refractivity contribution in [2.75, 3.05) is 95.8 Å². The van der Waals surface area contributed by atoms with Gasteiger partial charge in [0.2, 0.25) is 53.2 Å². The van der Waals surface area contributed by atoms with Crippen molar-refractivity contribution < 1.29 is 67.4 Å². The number of ketones is 3. The molecule has 0 saturated carbocycles. The van der Waals surface area contributed by atoms with E-state index in [0.29, 0.717) is 32.6 Å². The number of Topliss-reactive ketones (excluding diaryl/α,β-unsaturated/α-hetero) is 3. The van der Waals surface area contributed by atoms with Gasteiger partial charge in [0, 0.05) is 118 Å². The Hall–Kier alpha value is -6.14. The molecule has 0 aromatic carbocycles. The van der Waals surface area contributed by atoms with Gasteiger partial charge in [-0.05, 0) is 88.5 Å². The molecule has 9 amide bonds. The second kappa shape index (κ2) is 39.5. The van der Waals surface area contributed by atoms with Gasteiger partial charge >= 0.3 is 0 Å². The highest BCUT2D eigenvalue weighted by molar-refractivity contribution is 6.00. The van der Waals surface area contributed by atoms with Gasteiger partial charge in [-0.1, -0.05) is 116 Å². The van der Waals surface area contributed by atoms with E-state index >= 15 is 33.6 Å². The Bertz CT molecular complexity index is 2670. The third kappa shape index (κ3) is 23.5. The van der Waals surface area contributed by atoms with E-state index < -0.39 is 155 Å². The van der Waals surface area contributed by atoms with E-state index in [0.717, 1.165) is 9.80 Å². The summed E-state index contributed by atoms with van der Waals surface area (Å²) in [6, 6.07) is -10.1. The van der Waals surface area contributed by atoms with Crippen LogP contribution in [0, 0.1) is 59.2 Å². The number of nitrogens with zero attached hydrogens (tertiary/aromatic N) is 9. The second-order valence-corrected chi connectivity index (χ2v) is 29.9. The van der Waals surface area contributed by atoms with Gasteiger partial charge in [0.1, 0.15) is 48.6 Å². The molecule has 0 unspecified atom stereocenters. The number of piperazine rings is 1. The van der Waals surface area contributed by atoms with Crippen LogP contribution in [0.1, 0.15) is 169 Å². The maximum absolute atomic E-state index is 15.3. The van der Waals surface area contributed by atoms with Crippen LogP contribution in [0.2, 0.25) is 0 Å². The molecule has 2 aliphatic heterocycles. The third-order valence-corrected chi connectivity index (χ3v) is 19.7. The monoisotopic (exact) mass is 1350 g/mol. The molecular weight excluding hydrogens is 1230 g/mol. The summed E-state index contributed by atoms with van der Waals surface area (Å²) in [5.74, 6) is -12.5. The first-order valence-corrected chi connectivity index (χ1v) is 35.1. The highest BCUT2D eigenvalue weighted by Crippen LogP contribution is 2.30. The van der Waals surface area contributed by atoms with Crippen LogP contribution in [-0.2, 0) is 62.3 Å². The number of carbonyl (C=O) groups is 12. The molecule has 96 heavy (non-hydrogen) atoms. The fraction of sp³-hybridized carbons (Fsp3) is 0.806. The molecule has 0 aromatic rings. The molecule has 14 atom stereocenters. The zero-order valence-electron chi connectivity index (χ0n) is 63.3. The molecule has 2 saturated heterocycles. The molecule has 0 aliphatic carbocycles. The van der Waals surface area contributed by atoms with Gasteiger partial charge in [-0.15, -0.1) is 0 Å². The quantitative estimate of drug-likeness (QED) is 0.165. The Morgan fingerprint density at radius 2 is 0.990 bits per heavy atom. The van der Waals surface area contributed by atoms with Crippen molar-refractivity contribution in [1.29, 1.82) is 0 Å². The Balaban J connectivity index is 3.03. The van der Waals surface area contributed by atoms with E-state index in [9.17, 15) is 29.1 Å². The Morgan fingerprint density at radius 3 is 1.48 bits per heavy atom. The zero-order valence-corrected chi connectivity index (χ0v) is 63.3. The SMILES string of the molecule is C/C=C/C[C@@H](C)[C@@H](O)[C@H]1C(=O)N[C@@H](CC)C(=O)N(C)[C@H](C)C(=O)N(C)[C@@H]([C@H](C)COCC(=O)N2CCN(C)CC2)C(=O)C[C@@H](C(C)C)C(=O)N(C)[C@@H](CC(C)C)C(=O)C[C@@H](C)C(=O)C[C@H](C)C(=O)N(C)[C@@H](CC(C)C)C(=O)N(C)[C@@H](CC(C)C)C(=O)N(C)[C@@H](C(C)C)C(=O)N1C. The number of amides is 9. The van der Waals surface area contributed by atoms with Crippen molar-refractivity contribution in [2.24, 2.45) is 59.2 Å². The number of aliphatic hydroxyl groups excluding tert-OH is 1. The van der Waals surface area contributed by atoms with E-state index in [-0.39, 0.29) is 87.6 Å². The minimum Gasteiger partial charge on any atom is -0.390 e. The topological polar surface area (TPSA) is 275 Å². The maximum atomic E-state index is 15.3. The van der Waals surface area contributed by atoms with Crippen LogP contribution in [0.25, 0.3) is 0 Å². The number of nitrogens with one attached hydrogen (secondary N) is 1. The minimum atomic E-state index is -1.64. The van der Waals surface area contributed by atoms with Crippen molar-refractivity contribution in [3.63, 3.8) is 0 Å². The number of hydrogen-bond acceptors (Lipinski definition) is 15. The predicted octanol–water partition coefficient (Wildman–Crippen LogP) is 5.31. The molecule has 2 N–H and O–H groups in total. The number of allylic oxidation sites excluding steroid dienone is 2. The predicted molar refractivity (Wildman–Crippen MR) is 371 cm³/mol. The number of rotatable bonds is 18. The third-order valence-electron chi connectivity index (χ3n) is 19.7. The average Bonchev–Trinajstić information content (AvgIpc) is 0.811.